The van der Waals surface area contributed by atoms with E-state index in [2.05, 4.69) is 26.3 Å². The van der Waals surface area contributed by atoms with Gasteiger partial charge in [-0.1, -0.05) is 24.4 Å². The summed E-state index contributed by atoms with van der Waals surface area (Å²) in [5, 5.41) is 0.480. The lowest BCUT2D eigenvalue weighted by molar-refractivity contribution is -0.253. The van der Waals surface area contributed by atoms with Crippen LogP contribution in [0.4, 0.5) is 17.6 Å². The van der Waals surface area contributed by atoms with Crippen LogP contribution in [0.5, 0.6) is 17.2 Å². The highest BCUT2D eigenvalue weighted by molar-refractivity contribution is 7.98. The minimum absolute atomic E-state index is 0.138. The summed E-state index contributed by atoms with van der Waals surface area (Å²) in [4.78, 5) is 11.7. The van der Waals surface area contributed by atoms with Crippen molar-refractivity contribution in [1.82, 2.24) is 15.0 Å². The first-order chi connectivity index (χ1) is 14.7. The fraction of sp³-hybridized carbons (Fsp3) is 0.300. The highest BCUT2D eigenvalue weighted by atomic mass is 32.2. The summed E-state index contributed by atoms with van der Waals surface area (Å²) < 4.78 is 66.4. The molecule has 0 atom stereocenters. The summed E-state index contributed by atoms with van der Waals surface area (Å²) >= 11 is 1.33. The van der Waals surface area contributed by atoms with E-state index >= 15 is 0 Å². The number of nitrogens with one attached hydrogen (secondary N) is 1. The van der Waals surface area contributed by atoms with Crippen molar-refractivity contribution in [2.24, 2.45) is 0 Å². The molecule has 0 fully saturated rings. The second-order valence-electron chi connectivity index (χ2n) is 6.30. The molecule has 11 heteroatoms. The van der Waals surface area contributed by atoms with E-state index in [0.29, 0.717) is 34.3 Å². The first kappa shape index (κ1) is 22.7. The van der Waals surface area contributed by atoms with Crippen molar-refractivity contribution in [2.75, 3.05) is 13.7 Å². The Morgan fingerprint density at radius 2 is 2.03 bits per heavy atom. The molecule has 0 saturated carbocycles. The predicted octanol–water partition coefficient (Wildman–Crippen LogP) is 5.37. The molecular formula is C20H19F4N3O3S. The number of aromatic amines is 1. The maximum absolute atomic E-state index is 13.3. The van der Waals surface area contributed by atoms with Gasteiger partial charge in [0.1, 0.15) is 12.4 Å². The SMILES string of the molecule is C=CCOc1ccnc(CSc2nc3cc(OC)c(OC(F)(F)C(F)F)cc3[nH]2)c1C. The Hall–Kier alpha value is -2.95. The van der Waals surface area contributed by atoms with Gasteiger partial charge in [-0.05, 0) is 13.0 Å². The molecule has 1 aromatic carbocycles. The van der Waals surface area contributed by atoms with Crippen LogP contribution in [0.3, 0.4) is 0 Å². The fourth-order valence-corrected chi connectivity index (χ4v) is 3.55. The topological polar surface area (TPSA) is 69.3 Å². The second-order valence-corrected chi connectivity index (χ2v) is 7.26. The number of methoxy groups -OCH3 is 1. The number of hydrogen-bond acceptors (Lipinski definition) is 6. The van der Waals surface area contributed by atoms with Gasteiger partial charge in [-0.25, -0.2) is 4.98 Å². The Kier molecular flexibility index (Phi) is 6.94. The molecule has 31 heavy (non-hydrogen) atoms. The van der Waals surface area contributed by atoms with Crippen LogP contribution < -0.4 is 14.2 Å². The van der Waals surface area contributed by atoms with Crippen molar-refractivity contribution in [2.45, 2.75) is 30.4 Å². The lowest BCUT2D eigenvalue weighted by atomic mass is 10.2. The van der Waals surface area contributed by atoms with Crippen molar-refractivity contribution in [1.29, 1.82) is 0 Å². The standard InChI is InChI=1S/C20H19F4N3O3S/c1-4-7-29-15-5-6-25-14(11(15)2)10-31-19-26-12-8-16(28-3)17(9-13(12)27-19)30-20(23,24)18(21)22/h4-6,8-9,18H,1,7,10H2,2-3H3,(H,26,27). The molecule has 0 aliphatic carbocycles. The van der Waals surface area contributed by atoms with Crippen molar-refractivity contribution in [3.05, 3.63) is 48.3 Å². The Labute approximate surface area is 179 Å². The zero-order valence-corrected chi connectivity index (χ0v) is 17.4. The van der Waals surface area contributed by atoms with Gasteiger partial charge in [-0.3, -0.25) is 4.98 Å². The van der Waals surface area contributed by atoms with Gasteiger partial charge in [0.15, 0.2) is 16.7 Å². The smallest absolute Gasteiger partial charge is 0.461 e. The minimum Gasteiger partial charge on any atom is -0.493 e. The minimum atomic E-state index is -4.65. The number of thioether (sulfide) groups is 1. The van der Waals surface area contributed by atoms with Gasteiger partial charge in [-0.2, -0.15) is 17.6 Å². The number of nitrogens with zero attached hydrogens (tertiary/aromatic N) is 2. The maximum Gasteiger partial charge on any atom is 0.461 e. The van der Waals surface area contributed by atoms with E-state index in [9.17, 15) is 17.6 Å². The zero-order valence-electron chi connectivity index (χ0n) is 16.6. The Morgan fingerprint density at radius 1 is 1.26 bits per heavy atom. The Balaban J connectivity index is 1.81. The molecule has 0 radical (unpaired) electrons. The van der Waals surface area contributed by atoms with Crippen molar-refractivity contribution < 1.29 is 31.8 Å². The molecule has 3 aromatic rings. The van der Waals surface area contributed by atoms with Gasteiger partial charge in [0, 0.05) is 29.6 Å². The van der Waals surface area contributed by atoms with Gasteiger partial charge >= 0.3 is 12.5 Å². The van der Waals surface area contributed by atoms with Crippen LogP contribution in [0, 0.1) is 6.92 Å². The summed E-state index contributed by atoms with van der Waals surface area (Å²) in [5.41, 5.74) is 2.39. The summed E-state index contributed by atoms with van der Waals surface area (Å²) in [6.45, 7) is 5.88. The molecule has 0 bridgehead atoms. The lowest BCUT2D eigenvalue weighted by Crippen LogP contribution is -2.33. The van der Waals surface area contributed by atoms with Crippen LogP contribution in [-0.4, -0.2) is 41.2 Å². The number of H-pyrrole nitrogens is 1. The van der Waals surface area contributed by atoms with Gasteiger partial charge in [-0.15, -0.1) is 0 Å². The summed E-state index contributed by atoms with van der Waals surface area (Å²) in [6, 6.07) is 4.24. The predicted molar refractivity (Wildman–Crippen MR) is 108 cm³/mol. The van der Waals surface area contributed by atoms with Gasteiger partial charge in [0.2, 0.25) is 0 Å². The molecule has 0 unspecified atom stereocenters. The van der Waals surface area contributed by atoms with E-state index in [1.165, 1.54) is 24.9 Å². The molecule has 0 spiro atoms. The number of hydrogen-bond donors (Lipinski definition) is 1. The van der Waals surface area contributed by atoms with E-state index < -0.39 is 18.3 Å². The van der Waals surface area contributed by atoms with E-state index in [-0.39, 0.29) is 5.75 Å². The summed E-state index contributed by atoms with van der Waals surface area (Å²) in [5.74, 6) is 0.494. The van der Waals surface area contributed by atoms with Crippen LogP contribution in [-0.2, 0) is 5.75 Å². The third-order valence-electron chi connectivity index (χ3n) is 4.21. The molecule has 0 aliphatic rings. The molecule has 166 valence electrons. The summed E-state index contributed by atoms with van der Waals surface area (Å²) in [6.07, 6.45) is -5.35. The van der Waals surface area contributed by atoms with Crippen LogP contribution in [0.15, 0.2) is 42.2 Å². The van der Waals surface area contributed by atoms with Crippen LogP contribution >= 0.6 is 11.8 Å². The monoisotopic (exact) mass is 457 g/mol. The quantitative estimate of drug-likeness (QED) is 0.251. The number of benzene rings is 1. The van der Waals surface area contributed by atoms with Crippen LogP contribution in [0.25, 0.3) is 11.0 Å². The number of ether oxygens (including phenoxy) is 3. The van der Waals surface area contributed by atoms with Crippen molar-refractivity contribution in [3.8, 4) is 17.2 Å². The highest BCUT2D eigenvalue weighted by Gasteiger charge is 2.44. The fourth-order valence-electron chi connectivity index (χ4n) is 2.64. The first-order valence-electron chi connectivity index (χ1n) is 8.99. The second kappa shape index (κ2) is 9.46. The number of alkyl halides is 4. The largest absolute Gasteiger partial charge is 0.493 e. The van der Waals surface area contributed by atoms with E-state index in [1.54, 1.807) is 18.3 Å². The number of imidazole rings is 1. The summed E-state index contributed by atoms with van der Waals surface area (Å²) in [7, 11) is 1.22. The van der Waals surface area contributed by atoms with Crippen molar-refractivity contribution >= 4 is 22.8 Å². The van der Waals surface area contributed by atoms with Crippen molar-refractivity contribution in [3.63, 3.8) is 0 Å². The maximum atomic E-state index is 13.3. The van der Waals surface area contributed by atoms with Gasteiger partial charge < -0.3 is 19.2 Å². The van der Waals surface area contributed by atoms with Gasteiger partial charge in [0.05, 0.1) is 23.8 Å². The number of aromatic nitrogens is 3. The van der Waals surface area contributed by atoms with E-state index in [0.717, 1.165) is 17.3 Å². The van der Waals surface area contributed by atoms with Gasteiger partial charge in [0.25, 0.3) is 0 Å². The third-order valence-corrected chi connectivity index (χ3v) is 5.09. The third kappa shape index (κ3) is 5.22. The number of rotatable bonds is 10. The molecule has 0 saturated heterocycles. The van der Waals surface area contributed by atoms with E-state index in [1.807, 2.05) is 6.92 Å². The zero-order chi connectivity index (χ0) is 22.6. The van der Waals surface area contributed by atoms with Crippen LogP contribution in [0.2, 0.25) is 0 Å². The molecular weight excluding hydrogens is 438 g/mol. The first-order valence-corrected chi connectivity index (χ1v) is 9.97. The average molecular weight is 457 g/mol. The normalized spacial score (nSPS) is 11.7. The number of pyridine rings is 1. The number of fused-ring (bicyclic) bond motifs is 1. The lowest BCUT2D eigenvalue weighted by Gasteiger charge is -2.18. The molecule has 0 aliphatic heterocycles. The Bertz CT molecular complexity index is 1080. The Morgan fingerprint density at radius 3 is 2.71 bits per heavy atom. The average Bonchev–Trinajstić information content (AvgIpc) is 3.12. The molecule has 1 N–H and O–H groups in total. The molecule has 2 aromatic heterocycles. The highest BCUT2D eigenvalue weighted by Crippen LogP contribution is 2.37. The molecule has 2 heterocycles. The molecule has 3 rings (SSSR count). The molecule has 0 amide bonds. The number of halogens is 4. The van der Waals surface area contributed by atoms with E-state index in [4.69, 9.17) is 9.47 Å². The van der Waals surface area contributed by atoms with Crippen LogP contribution in [0.1, 0.15) is 11.3 Å². The molecule has 6 nitrogen and oxygen atoms in total.